The molecule has 25 heteroatoms. The maximum atomic E-state index is 15.9. The Kier molecular flexibility index (Phi) is 7.72. The number of nitrogens with zero attached hydrogens (tertiary/aromatic N) is 7. The van der Waals surface area contributed by atoms with Crippen LogP contribution in [0.5, 0.6) is 0 Å². The van der Waals surface area contributed by atoms with E-state index < -0.39 is 80.8 Å². The number of aromatic nitrogens is 8. The number of phosphoric acid groups is 1. The summed E-state index contributed by atoms with van der Waals surface area (Å²) in [5, 5.41) is 5.44. The Labute approximate surface area is 258 Å². The van der Waals surface area contributed by atoms with E-state index in [1.54, 1.807) is 0 Å². The van der Waals surface area contributed by atoms with Crippen LogP contribution < -0.4 is 17.0 Å². The fourth-order valence-electron chi connectivity index (χ4n) is 5.18. The SMILES string of the molecule is Nc1nc2c(ncn2[C@@H]2S[C@@H]3COP(=O)(O)O[C@H]4[C@H](F)[C@H](n5nnc6c(N)ccnc65)O[C@@H]4COP(O)(=S)O[C@@H]2[C@@H]3F)c(=O)[nH]1. The van der Waals surface area contributed by atoms with Crippen LogP contribution in [-0.2, 0) is 39.2 Å². The van der Waals surface area contributed by atoms with E-state index in [4.69, 9.17) is 46.1 Å². The number of nitrogens with two attached hydrogens (primary N) is 2. The molecule has 3 saturated heterocycles. The summed E-state index contributed by atoms with van der Waals surface area (Å²) in [6, 6.07) is 1.46. The highest BCUT2D eigenvalue weighted by molar-refractivity contribution is 8.07. The van der Waals surface area contributed by atoms with Gasteiger partial charge in [-0.3, -0.25) is 27.9 Å². The molecule has 0 radical (unpaired) electrons. The molecule has 4 aromatic heterocycles. The largest absolute Gasteiger partial charge is 0.472 e. The molecular weight excluding hydrogens is 688 g/mol. The molecule has 0 aromatic carbocycles. The van der Waals surface area contributed by atoms with Crippen LogP contribution in [0.1, 0.15) is 11.6 Å². The van der Waals surface area contributed by atoms with E-state index in [2.05, 4.69) is 30.2 Å². The Morgan fingerprint density at radius 1 is 1.09 bits per heavy atom. The molecule has 3 aliphatic rings. The Morgan fingerprint density at radius 2 is 1.89 bits per heavy atom. The summed E-state index contributed by atoms with van der Waals surface area (Å²) >= 11 is 6.02. The van der Waals surface area contributed by atoms with Crippen molar-refractivity contribution in [3.63, 3.8) is 0 Å². The van der Waals surface area contributed by atoms with Crippen LogP contribution in [0, 0.1) is 0 Å². The van der Waals surface area contributed by atoms with Crippen LogP contribution in [0.4, 0.5) is 20.4 Å². The summed E-state index contributed by atoms with van der Waals surface area (Å²) in [5.41, 5.74) is 11.2. The number of hydrogen-bond donors (Lipinski definition) is 5. The molecule has 2 bridgehead atoms. The van der Waals surface area contributed by atoms with Gasteiger partial charge in [0.05, 0.1) is 30.5 Å². The molecule has 10 atom stereocenters. The lowest BCUT2D eigenvalue weighted by atomic mass is 10.1. The van der Waals surface area contributed by atoms with Gasteiger partial charge in [-0.05, 0) is 17.9 Å². The van der Waals surface area contributed by atoms with Crippen LogP contribution in [-0.4, -0.2) is 98.4 Å². The molecule has 4 aromatic rings. The fraction of sp³-hybridized carbons (Fsp3) is 0.500. The number of phosphoric ester groups is 1. The summed E-state index contributed by atoms with van der Waals surface area (Å²) in [6.45, 7) is -5.81. The minimum atomic E-state index is -5.09. The highest BCUT2D eigenvalue weighted by Gasteiger charge is 2.54. The summed E-state index contributed by atoms with van der Waals surface area (Å²) in [7, 11) is -5.09. The van der Waals surface area contributed by atoms with Crippen molar-refractivity contribution in [3.8, 4) is 0 Å². The van der Waals surface area contributed by atoms with Gasteiger partial charge in [0.15, 0.2) is 34.7 Å². The van der Waals surface area contributed by atoms with Crippen LogP contribution in [0.3, 0.4) is 0 Å². The number of H-pyrrole nitrogens is 1. The van der Waals surface area contributed by atoms with Gasteiger partial charge in [-0.15, -0.1) is 16.9 Å². The highest BCUT2D eigenvalue weighted by atomic mass is 32.5. The van der Waals surface area contributed by atoms with Crippen molar-refractivity contribution in [1.82, 2.24) is 39.5 Å². The lowest BCUT2D eigenvalue weighted by Crippen LogP contribution is -2.34. The van der Waals surface area contributed by atoms with Crippen LogP contribution >= 0.6 is 26.3 Å². The number of imidazole rings is 1. The first-order chi connectivity index (χ1) is 21.3. The van der Waals surface area contributed by atoms with Gasteiger partial charge >= 0.3 is 14.5 Å². The molecule has 0 amide bonds. The third-order valence-electron chi connectivity index (χ3n) is 7.21. The number of anilines is 2. The van der Waals surface area contributed by atoms with Crippen molar-refractivity contribution in [3.05, 3.63) is 28.9 Å². The van der Waals surface area contributed by atoms with E-state index in [1.807, 2.05) is 0 Å². The summed E-state index contributed by atoms with van der Waals surface area (Å²) in [5.74, 6) is -0.240. The Bertz CT molecular complexity index is 1950. The quantitative estimate of drug-likeness (QED) is 0.177. The summed E-state index contributed by atoms with van der Waals surface area (Å²) < 4.78 is 74.2. The van der Waals surface area contributed by atoms with Gasteiger partial charge < -0.3 is 30.5 Å². The number of ether oxygens (including phenoxy) is 1. The number of halogens is 2. The van der Waals surface area contributed by atoms with Gasteiger partial charge in [0.25, 0.3) is 5.56 Å². The van der Waals surface area contributed by atoms with E-state index >= 15 is 8.78 Å². The van der Waals surface area contributed by atoms with Crippen LogP contribution in [0.2, 0.25) is 0 Å². The average Bonchev–Trinajstić information content (AvgIpc) is 3.72. The molecular formula is C20H22F2N10O9P2S2. The lowest BCUT2D eigenvalue weighted by Gasteiger charge is -2.27. The molecule has 242 valence electrons. The second-order valence-corrected chi connectivity index (χ2v) is 15.6. The molecule has 7 rings (SSSR count). The third kappa shape index (κ3) is 5.54. The maximum absolute atomic E-state index is 15.9. The number of pyridine rings is 1. The molecule has 0 aliphatic carbocycles. The molecule has 45 heavy (non-hydrogen) atoms. The zero-order valence-electron chi connectivity index (χ0n) is 22.3. The normalized spacial score (nSPS) is 37.7. The van der Waals surface area contributed by atoms with Crippen molar-refractivity contribution in [2.75, 3.05) is 24.7 Å². The summed E-state index contributed by atoms with van der Waals surface area (Å²) in [4.78, 5) is 48.4. The second-order valence-electron chi connectivity index (χ2n) is 10.1. The highest BCUT2D eigenvalue weighted by Crippen LogP contribution is 2.57. The van der Waals surface area contributed by atoms with Gasteiger partial charge in [0, 0.05) is 6.20 Å². The van der Waals surface area contributed by atoms with E-state index in [0.717, 1.165) is 16.4 Å². The first-order valence-electron chi connectivity index (χ1n) is 12.9. The number of alkyl halides is 2. The van der Waals surface area contributed by atoms with E-state index in [9.17, 15) is 19.1 Å². The number of fused-ring (bicyclic) bond motifs is 5. The van der Waals surface area contributed by atoms with Crippen LogP contribution in [0.15, 0.2) is 23.4 Å². The number of nitrogen functional groups attached to an aromatic ring is 2. The summed E-state index contributed by atoms with van der Waals surface area (Å²) in [6.07, 6.45) is -8.12. The van der Waals surface area contributed by atoms with E-state index in [0.29, 0.717) is 0 Å². The van der Waals surface area contributed by atoms with Crippen LogP contribution in [0.25, 0.3) is 22.3 Å². The number of nitrogens with one attached hydrogen (secondary N) is 1. The Morgan fingerprint density at radius 3 is 2.69 bits per heavy atom. The number of rotatable bonds is 2. The van der Waals surface area contributed by atoms with Gasteiger partial charge in [0.1, 0.15) is 29.9 Å². The van der Waals surface area contributed by atoms with Crippen molar-refractivity contribution in [2.45, 2.75) is 47.5 Å². The predicted octanol–water partition coefficient (Wildman–Crippen LogP) is 0.446. The standard InChI is InChI=1S/C20H22F2N10O9P2S2/c21-9-8-4-37-42(34,35)40-13-7(39-18(10(13)22)32-15-11(29-30-32)6(23)1-2-25-15)3-38-43(36,44)41-14(9)19(45-8)31-5-26-12-16(31)27-20(24)28-17(12)33/h1-2,5,7-10,13-14,18-19H,3-4H2,(H2,23,25)(H,34,35)(H,36,44)(H3,24,27,28,33)/t7-,8-,9-,10+,13-,14-,18-,19-,43?/m1/s1. The smallest absolute Gasteiger partial charge is 0.397 e. The molecule has 0 saturated carbocycles. The second kappa shape index (κ2) is 11.2. The van der Waals surface area contributed by atoms with Gasteiger partial charge in [-0.2, -0.15) is 9.67 Å². The van der Waals surface area contributed by atoms with Crippen molar-refractivity contribution >= 4 is 72.1 Å². The molecule has 3 aliphatic heterocycles. The molecule has 19 nitrogen and oxygen atoms in total. The number of thioether (sulfide) groups is 1. The lowest BCUT2D eigenvalue weighted by molar-refractivity contribution is -0.0503. The first kappa shape index (κ1) is 30.9. The first-order valence-corrected chi connectivity index (χ1v) is 17.9. The molecule has 2 unspecified atom stereocenters. The Balaban J connectivity index is 1.21. The van der Waals surface area contributed by atoms with Crippen molar-refractivity contribution in [2.24, 2.45) is 0 Å². The molecule has 7 heterocycles. The minimum absolute atomic E-state index is 0.0281. The van der Waals surface area contributed by atoms with Gasteiger partial charge in [-0.25, -0.2) is 23.3 Å². The zero-order valence-corrected chi connectivity index (χ0v) is 25.7. The fourth-order valence-corrected chi connectivity index (χ4v) is 9.21. The monoisotopic (exact) mass is 710 g/mol. The number of hydrogen-bond acceptors (Lipinski definition) is 16. The third-order valence-corrected chi connectivity index (χ3v) is 11.3. The maximum Gasteiger partial charge on any atom is 0.472 e. The topological polar surface area (TPSA) is 263 Å². The molecule has 7 N–H and O–H groups in total. The average molecular weight is 711 g/mol. The van der Waals surface area contributed by atoms with Gasteiger partial charge in [0.2, 0.25) is 5.95 Å². The minimum Gasteiger partial charge on any atom is -0.397 e. The molecule has 3 fully saturated rings. The zero-order chi connectivity index (χ0) is 31.8. The van der Waals surface area contributed by atoms with E-state index in [-0.39, 0.29) is 34.0 Å². The number of aromatic amines is 1. The van der Waals surface area contributed by atoms with E-state index in [1.165, 1.54) is 23.2 Å². The van der Waals surface area contributed by atoms with Crippen molar-refractivity contribution < 1.29 is 46.0 Å². The Hall–Kier alpha value is -2.69. The van der Waals surface area contributed by atoms with Gasteiger partial charge in [-0.1, -0.05) is 5.21 Å². The predicted molar refractivity (Wildman–Crippen MR) is 154 cm³/mol. The molecule has 0 spiro atoms. The van der Waals surface area contributed by atoms with Crippen molar-refractivity contribution in [1.29, 1.82) is 0 Å².